The second-order valence-corrected chi connectivity index (χ2v) is 5.27. The predicted molar refractivity (Wildman–Crippen MR) is 74.2 cm³/mol. The molecule has 0 saturated carbocycles. The van der Waals surface area contributed by atoms with E-state index in [9.17, 15) is 18.0 Å². The van der Waals surface area contributed by atoms with Crippen LogP contribution in [0.4, 0.5) is 13.2 Å². The van der Waals surface area contributed by atoms with Gasteiger partial charge in [0.25, 0.3) is 0 Å². The quantitative estimate of drug-likeness (QED) is 0.829. The van der Waals surface area contributed by atoms with Gasteiger partial charge in [-0.2, -0.15) is 13.2 Å². The number of hydrogen-bond acceptors (Lipinski definition) is 2. The van der Waals surface area contributed by atoms with Gasteiger partial charge in [-0.1, -0.05) is 12.1 Å². The second-order valence-electron chi connectivity index (χ2n) is 5.27. The molecule has 0 aliphatic rings. The number of rotatable bonds is 7. The number of benzene rings is 1. The molecule has 0 radical (unpaired) electrons. The molecule has 0 saturated heterocycles. The Morgan fingerprint density at radius 3 is 2.33 bits per heavy atom. The first-order valence-corrected chi connectivity index (χ1v) is 6.78. The highest BCUT2D eigenvalue weighted by Crippen LogP contribution is 2.23. The number of carboxylic acids is 1. The molecule has 1 unspecified atom stereocenters. The highest BCUT2D eigenvalue weighted by molar-refractivity contribution is 5.87. The first-order valence-electron chi connectivity index (χ1n) is 6.78. The molecule has 0 amide bonds. The zero-order valence-electron chi connectivity index (χ0n) is 12.2. The zero-order valence-corrected chi connectivity index (χ0v) is 12.2. The van der Waals surface area contributed by atoms with E-state index in [0.717, 1.165) is 5.56 Å². The van der Waals surface area contributed by atoms with Gasteiger partial charge >= 0.3 is 12.1 Å². The summed E-state index contributed by atoms with van der Waals surface area (Å²) in [5.74, 6) is -0.976. The predicted octanol–water partition coefficient (Wildman–Crippen LogP) is 3.94. The Morgan fingerprint density at radius 1 is 1.29 bits per heavy atom. The van der Waals surface area contributed by atoms with E-state index in [1.54, 1.807) is 12.1 Å². The van der Waals surface area contributed by atoms with E-state index in [1.807, 2.05) is 18.9 Å². The first kappa shape index (κ1) is 17.5. The first-order chi connectivity index (χ1) is 9.69. The summed E-state index contributed by atoms with van der Waals surface area (Å²) < 4.78 is 36.3. The minimum Gasteiger partial charge on any atom is -0.478 e. The number of carbonyl (C=O) groups is 1. The van der Waals surface area contributed by atoms with Crippen molar-refractivity contribution in [1.82, 2.24) is 4.90 Å². The van der Waals surface area contributed by atoms with Gasteiger partial charge in [0.15, 0.2) is 0 Å². The third kappa shape index (κ3) is 6.62. The van der Waals surface area contributed by atoms with Gasteiger partial charge in [0, 0.05) is 19.0 Å². The Bertz CT molecular complexity index is 457. The van der Waals surface area contributed by atoms with Crippen LogP contribution < -0.4 is 0 Å². The van der Waals surface area contributed by atoms with Crippen molar-refractivity contribution in [1.29, 1.82) is 0 Å². The van der Waals surface area contributed by atoms with Crippen LogP contribution in [0.2, 0.25) is 0 Å². The van der Waals surface area contributed by atoms with Crippen LogP contribution in [0, 0.1) is 0 Å². The highest BCUT2D eigenvalue weighted by atomic mass is 19.4. The Balaban J connectivity index is 2.44. The number of aromatic carboxylic acids is 1. The van der Waals surface area contributed by atoms with Crippen LogP contribution in [-0.2, 0) is 6.54 Å². The van der Waals surface area contributed by atoms with Crippen LogP contribution in [0.15, 0.2) is 24.3 Å². The lowest BCUT2D eigenvalue weighted by Crippen LogP contribution is -2.28. The molecule has 0 spiro atoms. The number of alkyl halides is 3. The summed E-state index contributed by atoms with van der Waals surface area (Å²) in [5, 5.41) is 8.81. The monoisotopic (exact) mass is 303 g/mol. The van der Waals surface area contributed by atoms with Crippen molar-refractivity contribution in [2.24, 2.45) is 0 Å². The number of nitrogens with zero attached hydrogens (tertiary/aromatic N) is 1. The summed E-state index contributed by atoms with van der Waals surface area (Å²) in [7, 11) is 1.85. The average Bonchev–Trinajstić information content (AvgIpc) is 2.37. The van der Waals surface area contributed by atoms with E-state index in [0.29, 0.717) is 13.0 Å². The van der Waals surface area contributed by atoms with E-state index in [2.05, 4.69) is 0 Å². The molecule has 0 aromatic heterocycles. The minimum absolute atomic E-state index is 0.0338. The topological polar surface area (TPSA) is 40.5 Å². The Hall–Kier alpha value is -1.56. The van der Waals surface area contributed by atoms with E-state index >= 15 is 0 Å². The van der Waals surface area contributed by atoms with Crippen molar-refractivity contribution < 1.29 is 23.1 Å². The molecule has 1 rings (SSSR count). The zero-order chi connectivity index (χ0) is 16.0. The summed E-state index contributed by atoms with van der Waals surface area (Å²) in [5.41, 5.74) is 1.16. The van der Waals surface area contributed by atoms with Crippen LogP contribution in [0.25, 0.3) is 0 Å². The molecule has 0 fully saturated rings. The maximum absolute atomic E-state index is 12.1. The van der Waals surface area contributed by atoms with Gasteiger partial charge in [-0.05, 0) is 44.5 Å². The van der Waals surface area contributed by atoms with Crippen LogP contribution in [-0.4, -0.2) is 35.2 Å². The van der Waals surface area contributed by atoms with Gasteiger partial charge in [0.05, 0.1) is 5.56 Å². The maximum atomic E-state index is 12.1. The molecule has 0 aliphatic carbocycles. The molecular formula is C15H20F3NO2. The van der Waals surface area contributed by atoms with E-state index < -0.39 is 18.6 Å². The Labute approximate surface area is 122 Å². The fourth-order valence-corrected chi connectivity index (χ4v) is 2.01. The van der Waals surface area contributed by atoms with Gasteiger partial charge in [-0.15, -0.1) is 0 Å². The highest BCUT2D eigenvalue weighted by Gasteiger charge is 2.26. The molecular weight excluding hydrogens is 283 g/mol. The van der Waals surface area contributed by atoms with Crippen molar-refractivity contribution in [2.45, 2.75) is 44.9 Å². The molecule has 6 heteroatoms. The second kappa shape index (κ2) is 7.45. The summed E-state index contributed by atoms with van der Waals surface area (Å²) in [6, 6.07) is 6.54. The maximum Gasteiger partial charge on any atom is 0.389 e. The molecule has 118 valence electrons. The fraction of sp³-hybridized carbons (Fsp3) is 0.533. The lowest BCUT2D eigenvalue weighted by molar-refractivity contribution is -0.136. The van der Waals surface area contributed by atoms with Gasteiger partial charge in [0.1, 0.15) is 0 Å². The molecule has 1 aromatic carbocycles. The largest absolute Gasteiger partial charge is 0.478 e. The summed E-state index contributed by atoms with van der Waals surface area (Å²) in [6.45, 7) is 2.47. The lowest BCUT2D eigenvalue weighted by Gasteiger charge is -2.25. The normalized spacial score (nSPS) is 13.4. The molecule has 21 heavy (non-hydrogen) atoms. The average molecular weight is 303 g/mol. The van der Waals surface area contributed by atoms with Crippen molar-refractivity contribution in [3.8, 4) is 0 Å². The molecule has 1 aromatic rings. The van der Waals surface area contributed by atoms with Crippen LogP contribution in [0.5, 0.6) is 0 Å². The number of carboxylic acid groups (broad SMARTS) is 1. The van der Waals surface area contributed by atoms with Gasteiger partial charge < -0.3 is 5.11 Å². The molecule has 1 N–H and O–H groups in total. The fourth-order valence-electron chi connectivity index (χ4n) is 2.01. The van der Waals surface area contributed by atoms with Crippen molar-refractivity contribution in [3.05, 3.63) is 35.4 Å². The molecule has 0 bridgehead atoms. The molecule has 0 heterocycles. The molecule has 1 atom stereocenters. The lowest BCUT2D eigenvalue weighted by atomic mass is 10.1. The third-order valence-electron chi connectivity index (χ3n) is 3.47. The van der Waals surface area contributed by atoms with Gasteiger partial charge in [0.2, 0.25) is 0 Å². The smallest absolute Gasteiger partial charge is 0.389 e. The van der Waals surface area contributed by atoms with Gasteiger partial charge in [-0.3, -0.25) is 4.90 Å². The Morgan fingerprint density at radius 2 is 1.86 bits per heavy atom. The summed E-state index contributed by atoms with van der Waals surface area (Å²) in [4.78, 5) is 12.7. The number of halogens is 3. The molecule has 0 aliphatic heterocycles. The van der Waals surface area contributed by atoms with Crippen LogP contribution in [0.3, 0.4) is 0 Å². The minimum atomic E-state index is -4.09. The SMILES string of the molecule is CC(CCCC(F)(F)F)N(C)Cc1ccc(C(=O)O)cc1. The van der Waals surface area contributed by atoms with Gasteiger partial charge in [-0.25, -0.2) is 4.79 Å². The molecule has 3 nitrogen and oxygen atoms in total. The third-order valence-corrected chi connectivity index (χ3v) is 3.47. The van der Waals surface area contributed by atoms with Crippen molar-refractivity contribution in [2.75, 3.05) is 7.05 Å². The summed E-state index contributed by atoms with van der Waals surface area (Å²) >= 11 is 0. The van der Waals surface area contributed by atoms with Crippen molar-refractivity contribution in [3.63, 3.8) is 0 Å². The Kier molecular flexibility index (Phi) is 6.20. The van der Waals surface area contributed by atoms with E-state index in [-0.39, 0.29) is 18.0 Å². The van der Waals surface area contributed by atoms with Crippen LogP contribution >= 0.6 is 0 Å². The number of hydrogen-bond donors (Lipinski definition) is 1. The van der Waals surface area contributed by atoms with Crippen LogP contribution in [0.1, 0.15) is 42.1 Å². The van der Waals surface area contributed by atoms with E-state index in [4.69, 9.17) is 5.11 Å². The summed E-state index contributed by atoms with van der Waals surface area (Å²) in [6.07, 6.45) is -4.25. The van der Waals surface area contributed by atoms with E-state index in [1.165, 1.54) is 12.1 Å². The van der Waals surface area contributed by atoms with Crippen molar-refractivity contribution >= 4 is 5.97 Å². The standard InChI is InChI=1S/C15H20F3NO2/c1-11(4-3-9-15(16,17)18)19(2)10-12-5-7-13(8-6-12)14(20)21/h5-8,11H,3-4,9-10H2,1-2H3,(H,20,21).